The SMILES string of the molecule is Cc1cnc(-c2ccc(Cl)c(C(F)(F)F)c2)nc1N. The minimum absolute atomic E-state index is 0.130. The maximum atomic E-state index is 12.7. The normalized spacial score (nSPS) is 11.6. The van der Waals surface area contributed by atoms with E-state index < -0.39 is 11.7 Å². The third kappa shape index (κ3) is 2.78. The lowest BCUT2D eigenvalue weighted by Crippen LogP contribution is -2.06. The van der Waals surface area contributed by atoms with Crippen LogP contribution in [0, 0.1) is 6.92 Å². The fourth-order valence-electron chi connectivity index (χ4n) is 1.48. The van der Waals surface area contributed by atoms with E-state index in [0.29, 0.717) is 5.56 Å². The van der Waals surface area contributed by atoms with Crippen LogP contribution in [0.15, 0.2) is 24.4 Å². The van der Waals surface area contributed by atoms with Gasteiger partial charge < -0.3 is 5.73 Å². The molecular weight excluding hydrogens is 279 g/mol. The van der Waals surface area contributed by atoms with Gasteiger partial charge in [0.2, 0.25) is 0 Å². The van der Waals surface area contributed by atoms with Gasteiger partial charge in [0.1, 0.15) is 5.82 Å². The van der Waals surface area contributed by atoms with Crippen molar-refractivity contribution in [3.05, 3.63) is 40.5 Å². The Morgan fingerprint density at radius 2 is 1.95 bits per heavy atom. The lowest BCUT2D eigenvalue weighted by atomic mass is 10.1. The molecular formula is C12H9ClF3N3. The Labute approximate surface area is 112 Å². The van der Waals surface area contributed by atoms with Crippen LogP contribution in [0.1, 0.15) is 11.1 Å². The molecule has 0 fully saturated rings. The Hall–Kier alpha value is -1.82. The van der Waals surface area contributed by atoms with Crippen molar-refractivity contribution in [1.29, 1.82) is 0 Å². The number of benzene rings is 1. The second kappa shape index (κ2) is 4.70. The van der Waals surface area contributed by atoms with Gasteiger partial charge in [-0.2, -0.15) is 13.2 Å². The molecule has 0 aliphatic heterocycles. The number of aromatic nitrogens is 2. The molecule has 7 heteroatoms. The van der Waals surface area contributed by atoms with Crippen molar-refractivity contribution in [1.82, 2.24) is 9.97 Å². The fourth-order valence-corrected chi connectivity index (χ4v) is 1.70. The van der Waals surface area contributed by atoms with Gasteiger partial charge in [-0.3, -0.25) is 0 Å². The van der Waals surface area contributed by atoms with Crippen LogP contribution in [-0.4, -0.2) is 9.97 Å². The van der Waals surface area contributed by atoms with Crippen LogP contribution in [0.2, 0.25) is 5.02 Å². The molecule has 0 bridgehead atoms. The zero-order chi connectivity index (χ0) is 14.2. The van der Waals surface area contributed by atoms with Crippen LogP contribution < -0.4 is 5.73 Å². The molecule has 0 aliphatic carbocycles. The molecule has 100 valence electrons. The second-order valence-electron chi connectivity index (χ2n) is 3.95. The third-order valence-electron chi connectivity index (χ3n) is 2.54. The summed E-state index contributed by atoms with van der Waals surface area (Å²) in [5.41, 5.74) is 5.56. The lowest BCUT2D eigenvalue weighted by molar-refractivity contribution is -0.137. The Morgan fingerprint density at radius 1 is 1.26 bits per heavy atom. The van der Waals surface area contributed by atoms with Crippen molar-refractivity contribution in [2.24, 2.45) is 0 Å². The summed E-state index contributed by atoms with van der Waals surface area (Å²) in [4.78, 5) is 7.91. The van der Waals surface area contributed by atoms with E-state index in [2.05, 4.69) is 9.97 Å². The van der Waals surface area contributed by atoms with E-state index in [1.165, 1.54) is 18.3 Å². The molecule has 0 spiro atoms. The highest BCUT2D eigenvalue weighted by molar-refractivity contribution is 6.31. The Balaban J connectivity index is 2.54. The first-order valence-electron chi connectivity index (χ1n) is 5.25. The van der Waals surface area contributed by atoms with Gasteiger partial charge in [-0.25, -0.2) is 9.97 Å². The molecule has 2 rings (SSSR count). The average molecular weight is 288 g/mol. The van der Waals surface area contributed by atoms with Gasteiger partial charge in [0.25, 0.3) is 0 Å². The lowest BCUT2D eigenvalue weighted by Gasteiger charge is -2.10. The van der Waals surface area contributed by atoms with E-state index in [-0.39, 0.29) is 22.2 Å². The maximum absolute atomic E-state index is 12.7. The molecule has 0 atom stereocenters. The summed E-state index contributed by atoms with van der Waals surface area (Å²) in [6, 6.07) is 3.49. The van der Waals surface area contributed by atoms with Crippen molar-refractivity contribution >= 4 is 17.4 Å². The first kappa shape index (κ1) is 13.6. The first-order chi connectivity index (χ1) is 8.79. The molecule has 1 heterocycles. The molecule has 0 saturated carbocycles. The molecule has 0 amide bonds. The summed E-state index contributed by atoms with van der Waals surface area (Å²) < 4.78 is 38.2. The van der Waals surface area contributed by atoms with Gasteiger partial charge in [-0.15, -0.1) is 0 Å². The number of aryl methyl sites for hydroxylation is 1. The van der Waals surface area contributed by atoms with Crippen molar-refractivity contribution in [2.75, 3.05) is 5.73 Å². The zero-order valence-electron chi connectivity index (χ0n) is 9.79. The predicted molar refractivity (Wildman–Crippen MR) is 66.6 cm³/mol. The highest BCUT2D eigenvalue weighted by atomic mass is 35.5. The smallest absolute Gasteiger partial charge is 0.383 e. The number of hydrogen-bond acceptors (Lipinski definition) is 3. The summed E-state index contributed by atoms with van der Waals surface area (Å²) in [6.45, 7) is 1.71. The van der Waals surface area contributed by atoms with E-state index in [1.807, 2.05) is 0 Å². The standard InChI is InChI=1S/C12H9ClF3N3/c1-6-5-18-11(19-10(6)17)7-2-3-9(13)8(4-7)12(14,15)16/h2-5H,1H3,(H2,17,18,19). The number of hydrogen-bond donors (Lipinski definition) is 1. The number of alkyl halides is 3. The molecule has 2 aromatic rings. The number of rotatable bonds is 1. The number of halogens is 4. The number of nitrogens with zero attached hydrogens (tertiary/aromatic N) is 2. The van der Waals surface area contributed by atoms with Gasteiger partial charge in [0.05, 0.1) is 10.6 Å². The Morgan fingerprint density at radius 3 is 2.53 bits per heavy atom. The number of anilines is 1. The fraction of sp³-hybridized carbons (Fsp3) is 0.167. The largest absolute Gasteiger partial charge is 0.417 e. The molecule has 0 unspecified atom stereocenters. The molecule has 0 radical (unpaired) electrons. The molecule has 19 heavy (non-hydrogen) atoms. The molecule has 0 aliphatic rings. The van der Waals surface area contributed by atoms with Crippen LogP contribution >= 0.6 is 11.6 Å². The molecule has 0 saturated heterocycles. The Kier molecular flexibility index (Phi) is 3.36. The van der Waals surface area contributed by atoms with Crippen molar-refractivity contribution in [2.45, 2.75) is 13.1 Å². The molecule has 1 aromatic carbocycles. The third-order valence-corrected chi connectivity index (χ3v) is 2.87. The predicted octanol–water partition coefficient (Wildman–Crippen LogP) is 3.71. The van der Waals surface area contributed by atoms with Gasteiger partial charge >= 0.3 is 6.18 Å². The van der Waals surface area contributed by atoms with Gasteiger partial charge in [0.15, 0.2) is 5.82 Å². The highest BCUT2D eigenvalue weighted by Crippen LogP contribution is 2.36. The second-order valence-corrected chi connectivity index (χ2v) is 4.36. The summed E-state index contributed by atoms with van der Waals surface area (Å²) in [5, 5.41) is -0.365. The highest BCUT2D eigenvalue weighted by Gasteiger charge is 2.33. The number of nitrogens with two attached hydrogens (primary N) is 1. The minimum atomic E-state index is -4.52. The Bertz CT molecular complexity index is 626. The van der Waals surface area contributed by atoms with Crippen LogP contribution in [0.3, 0.4) is 0 Å². The molecule has 3 nitrogen and oxygen atoms in total. The van der Waals surface area contributed by atoms with Crippen molar-refractivity contribution < 1.29 is 13.2 Å². The van der Waals surface area contributed by atoms with Crippen LogP contribution in [-0.2, 0) is 6.18 Å². The summed E-state index contributed by atoms with van der Waals surface area (Å²) in [6.07, 6.45) is -3.07. The first-order valence-corrected chi connectivity index (χ1v) is 5.63. The van der Waals surface area contributed by atoms with Gasteiger partial charge in [-0.1, -0.05) is 11.6 Å². The maximum Gasteiger partial charge on any atom is 0.417 e. The van der Waals surface area contributed by atoms with Gasteiger partial charge in [0, 0.05) is 17.3 Å². The van der Waals surface area contributed by atoms with Gasteiger partial charge in [-0.05, 0) is 25.1 Å². The van der Waals surface area contributed by atoms with Crippen LogP contribution in [0.4, 0.5) is 19.0 Å². The minimum Gasteiger partial charge on any atom is -0.383 e. The summed E-state index contributed by atoms with van der Waals surface area (Å²) >= 11 is 5.54. The molecule has 2 N–H and O–H groups in total. The number of nitrogen functional groups attached to an aromatic ring is 1. The van der Waals surface area contributed by atoms with Crippen LogP contribution in [0.5, 0.6) is 0 Å². The van der Waals surface area contributed by atoms with E-state index in [0.717, 1.165) is 6.07 Å². The summed E-state index contributed by atoms with van der Waals surface area (Å²) in [7, 11) is 0. The topological polar surface area (TPSA) is 51.8 Å². The van der Waals surface area contributed by atoms with E-state index in [4.69, 9.17) is 17.3 Å². The molecule has 1 aromatic heterocycles. The quantitative estimate of drug-likeness (QED) is 0.870. The van der Waals surface area contributed by atoms with E-state index in [1.54, 1.807) is 6.92 Å². The van der Waals surface area contributed by atoms with Crippen molar-refractivity contribution in [3.8, 4) is 11.4 Å². The summed E-state index contributed by atoms with van der Waals surface area (Å²) in [5.74, 6) is 0.360. The van der Waals surface area contributed by atoms with E-state index >= 15 is 0 Å². The monoisotopic (exact) mass is 287 g/mol. The van der Waals surface area contributed by atoms with E-state index in [9.17, 15) is 13.2 Å². The van der Waals surface area contributed by atoms with Crippen LogP contribution in [0.25, 0.3) is 11.4 Å². The average Bonchev–Trinajstić information content (AvgIpc) is 2.32. The zero-order valence-corrected chi connectivity index (χ0v) is 10.5. The van der Waals surface area contributed by atoms with Crippen molar-refractivity contribution in [3.63, 3.8) is 0 Å².